The molecule has 5 atom stereocenters. The van der Waals surface area contributed by atoms with Crippen molar-refractivity contribution < 1.29 is 42.9 Å². The zero-order chi connectivity index (χ0) is 48.4. The van der Waals surface area contributed by atoms with Crippen LogP contribution in [0.3, 0.4) is 0 Å². The van der Waals surface area contributed by atoms with E-state index >= 15 is 0 Å². The summed E-state index contributed by atoms with van der Waals surface area (Å²) in [6, 6.07) is 20.7. The third kappa shape index (κ3) is 20.9. The van der Waals surface area contributed by atoms with Gasteiger partial charge in [-0.25, -0.2) is 4.79 Å². The smallest absolute Gasteiger partial charge is 0.314 e. The van der Waals surface area contributed by atoms with Gasteiger partial charge in [0.05, 0.1) is 62.5 Å². The Kier molecular flexibility index (Phi) is 25.2. The van der Waals surface area contributed by atoms with Crippen LogP contribution in [0.2, 0.25) is 0 Å². The molecule has 15 nitrogen and oxygen atoms in total. The van der Waals surface area contributed by atoms with Crippen LogP contribution in [0.25, 0.3) is 0 Å². The lowest BCUT2D eigenvalue weighted by molar-refractivity contribution is -0.163. The van der Waals surface area contributed by atoms with E-state index in [4.69, 9.17) is 35.9 Å². The van der Waals surface area contributed by atoms with Crippen molar-refractivity contribution >= 4 is 59.2 Å². The number of ether oxygens (including phenoxy) is 5. The highest BCUT2D eigenvalue weighted by Crippen LogP contribution is 2.44. The van der Waals surface area contributed by atoms with Gasteiger partial charge in [-0.15, -0.1) is 0 Å². The summed E-state index contributed by atoms with van der Waals surface area (Å²) in [5, 5.41) is 26.0. The van der Waals surface area contributed by atoms with Crippen LogP contribution >= 0.6 is 35.3 Å². The number of urea groups is 1. The van der Waals surface area contributed by atoms with E-state index < -0.39 is 40.6 Å². The molecule has 0 saturated heterocycles. The average molecular weight is 969 g/mol. The molecule has 1 heterocycles. The zero-order valence-electron chi connectivity index (χ0n) is 39.2. The number of hydrogen-bond acceptors (Lipinski definition) is 14. The van der Waals surface area contributed by atoms with Crippen LogP contribution in [0.15, 0.2) is 71.6 Å². The van der Waals surface area contributed by atoms with E-state index in [0.717, 1.165) is 28.0 Å². The molecule has 0 bridgehead atoms. The van der Waals surface area contributed by atoms with Crippen molar-refractivity contribution in [3.8, 4) is 6.07 Å². The maximum absolute atomic E-state index is 14.2. The van der Waals surface area contributed by atoms with Gasteiger partial charge in [-0.05, 0) is 107 Å². The number of nitriles is 1. The number of amides is 3. The summed E-state index contributed by atoms with van der Waals surface area (Å²) < 4.78 is 28.9. The molecule has 0 radical (unpaired) electrons. The highest BCUT2D eigenvalue weighted by atomic mass is 32.2. The number of nitrogens with zero attached hydrogens (tertiary/aromatic N) is 2. The van der Waals surface area contributed by atoms with Crippen molar-refractivity contribution in [2.75, 3.05) is 66.4 Å². The van der Waals surface area contributed by atoms with Crippen molar-refractivity contribution in [3.63, 3.8) is 0 Å². The summed E-state index contributed by atoms with van der Waals surface area (Å²) >= 11 is 8.23. The molecule has 0 spiro atoms. The Morgan fingerprint density at radius 1 is 0.894 bits per heavy atom. The topological polar surface area (TPSA) is 203 Å². The fraction of sp³-hybridized carbons (Fsp3) is 0.562. The Morgan fingerprint density at radius 3 is 2.21 bits per heavy atom. The van der Waals surface area contributed by atoms with Gasteiger partial charge >= 0.3 is 18.0 Å². The minimum Gasteiger partial charge on any atom is -0.463 e. The molecule has 0 aliphatic heterocycles. The predicted octanol–water partition coefficient (Wildman–Crippen LogP) is 8.26. The van der Waals surface area contributed by atoms with Gasteiger partial charge in [0.25, 0.3) is 0 Å². The normalized spacial score (nSPS) is 14.1. The first-order valence-electron chi connectivity index (χ1n) is 22.3. The zero-order valence-corrected chi connectivity index (χ0v) is 41.6. The first kappa shape index (κ1) is 55.7. The lowest BCUT2D eigenvalue weighted by Gasteiger charge is -2.36. The minimum absolute atomic E-state index is 0.00355. The first-order valence-corrected chi connectivity index (χ1v) is 24.5. The standard InChI is InChI=1S/C48H68N6O9S3/c1-8-41(55)50-20-22-62-42(56)47(4,5)33-48(6,43(57)63-23-21-52-44(58)51-19-18-35(3)61-27-26-60-25-24-59-7)30-37(31-49)29-40(28-34(2)38-12-10-9-11-13-38)39-16-14-36(15-17-39)32-65-46-54-53-45(64)66-46/h8-17,34-35,37,40H,1,18-30,32-33H2,2-7H3,(H,50,55)(H,53,64)(H2,51,52,58). The van der Waals surface area contributed by atoms with Crippen LogP contribution in [0, 0.1) is 32.0 Å². The second-order valence-corrected chi connectivity index (χ2v) is 20.0. The van der Waals surface area contributed by atoms with Gasteiger partial charge in [0.15, 0.2) is 8.29 Å². The van der Waals surface area contributed by atoms with Gasteiger partial charge in [0, 0.05) is 25.3 Å². The summed E-state index contributed by atoms with van der Waals surface area (Å²) in [6.45, 7) is 14.8. The van der Waals surface area contributed by atoms with Crippen LogP contribution in [-0.4, -0.2) is 107 Å². The second-order valence-electron chi connectivity index (χ2n) is 17.1. The third-order valence-corrected chi connectivity index (χ3v) is 13.2. The Morgan fingerprint density at radius 2 is 1.56 bits per heavy atom. The summed E-state index contributed by atoms with van der Waals surface area (Å²) in [5.74, 6) is -1.34. The maximum atomic E-state index is 14.2. The summed E-state index contributed by atoms with van der Waals surface area (Å²) in [4.78, 5) is 52.0. The van der Waals surface area contributed by atoms with E-state index in [1.807, 2.05) is 25.1 Å². The van der Waals surface area contributed by atoms with Crippen molar-refractivity contribution in [2.45, 2.75) is 94.8 Å². The largest absolute Gasteiger partial charge is 0.463 e. The maximum Gasteiger partial charge on any atom is 0.314 e. The van der Waals surface area contributed by atoms with Crippen molar-refractivity contribution in [2.24, 2.45) is 16.7 Å². The molecule has 4 N–H and O–H groups in total. The fourth-order valence-corrected chi connectivity index (χ4v) is 9.56. The molecule has 362 valence electrons. The molecule has 66 heavy (non-hydrogen) atoms. The molecule has 3 rings (SSSR count). The lowest BCUT2D eigenvalue weighted by Crippen LogP contribution is -2.42. The number of aromatic nitrogens is 2. The number of methoxy groups -OCH3 is 1. The molecular formula is C48H68N6O9S3. The van der Waals surface area contributed by atoms with Gasteiger partial charge < -0.3 is 39.6 Å². The lowest BCUT2D eigenvalue weighted by atomic mass is 9.68. The fourth-order valence-electron chi connectivity index (χ4n) is 7.52. The van der Waals surface area contributed by atoms with Gasteiger partial charge in [0.2, 0.25) is 5.91 Å². The highest BCUT2D eigenvalue weighted by Gasteiger charge is 2.45. The molecule has 3 amide bonds. The molecule has 0 aliphatic rings. The van der Waals surface area contributed by atoms with Gasteiger partial charge in [-0.1, -0.05) is 91.2 Å². The number of thioether (sulfide) groups is 1. The van der Waals surface area contributed by atoms with Crippen LogP contribution in [-0.2, 0) is 43.8 Å². The van der Waals surface area contributed by atoms with Crippen LogP contribution < -0.4 is 16.0 Å². The van der Waals surface area contributed by atoms with Gasteiger partial charge in [-0.3, -0.25) is 19.5 Å². The van der Waals surface area contributed by atoms with E-state index in [9.17, 15) is 24.4 Å². The van der Waals surface area contributed by atoms with E-state index in [1.54, 1.807) is 39.6 Å². The molecule has 0 fully saturated rings. The number of nitrogens with one attached hydrogen (secondary N) is 4. The molecule has 2 aromatic carbocycles. The number of rotatable bonds is 32. The number of hydrogen-bond donors (Lipinski definition) is 4. The molecular weight excluding hydrogens is 901 g/mol. The Hall–Kier alpha value is -4.64. The monoisotopic (exact) mass is 968 g/mol. The van der Waals surface area contributed by atoms with Crippen molar-refractivity contribution in [1.29, 1.82) is 5.26 Å². The van der Waals surface area contributed by atoms with E-state index in [2.05, 4.69) is 82.1 Å². The highest BCUT2D eigenvalue weighted by molar-refractivity contribution is 8.00. The second kappa shape index (κ2) is 29.9. The van der Waals surface area contributed by atoms with Gasteiger partial charge in [-0.2, -0.15) is 10.4 Å². The Bertz CT molecular complexity index is 2040. The first-order chi connectivity index (χ1) is 31.6. The van der Waals surface area contributed by atoms with Crippen molar-refractivity contribution in [1.82, 2.24) is 26.1 Å². The van der Waals surface area contributed by atoms with E-state index in [1.165, 1.54) is 16.9 Å². The number of carbonyl (C=O) groups excluding carboxylic acids is 4. The molecule has 3 aromatic rings. The molecule has 5 unspecified atom stereocenters. The molecule has 18 heteroatoms. The summed E-state index contributed by atoms with van der Waals surface area (Å²) in [7, 11) is 1.61. The van der Waals surface area contributed by atoms with Gasteiger partial charge in [0.1, 0.15) is 13.2 Å². The Labute approximate surface area is 403 Å². The molecule has 0 saturated carbocycles. The number of carbonyl (C=O) groups is 4. The van der Waals surface area contributed by atoms with E-state index in [0.29, 0.717) is 55.5 Å². The molecule has 1 aromatic heterocycles. The van der Waals surface area contributed by atoms with Crippen LogP contribution in [0.1, 0.15) is 95.2 Å². The van der Waals surface area contributed by atoms with Crippen LogP contribution in [0.4, 0.5) is 4.79 Å². The quantitative estimate of drug-likeness (QED) is 0.0153. The minimum atomic E-state index is -1.32. The number of H-pyrrole nitrogens is 1. The SMILES string of the molecule is C=CC(=O)NCCOC(=O)C(C)(C)CC(C)(CC(C#N)CC(CC(C)c1ccccc1)c1ccc(CSc2n[nH]c(=S)s2)cc1)C(=O)OCCNC(=O)NCCC(C)OCCOCCOC. The molecule has 0 aliphatic carbocycles. The average Bonchev–Trinajstić information content (AvgIpc) is 3.73. The summed E-state index contributed by atoms with van der Waals surface area (Å²) in [5.41, 5.74) is 0.873. The number of esters is 2. The summed E-state index contributed by atoms with van der Waals surface area (Å²) in [6.07, 6.45) is 2.91. The predicted molar refractivity (Wildman–Crippen MR) is 260 cm³/mol. The van der Waals surface area contributed by atoms with Crippen LogP contribution in [0.5, 0.6) is 0 Å². The van der Waals surface area contributed by atoms with Crippen molar-refractivity contribution in [3.05, 3.63) is 87.9 Å². The Balaban J connectivity index is 1.74. The number of benzene rings is 2. The third-order valence-electron chi connectivity index (χ3n) is 10.9. The number of aromatic amines is 1. The van der Waals surface area contributed by atoms with E-state index in [-0.39, 0.29) is 57.1 Å².